The molecule has 1 saturated heterocycles. The minimum Gasteiger partial charge on any atom is -0.372 e. The summed E-state index contributed by atoms with van der Waals surface area (Å²) in [6, 6.07) is 5.78. The number of pyridine rings is 3. The van der Waals surface area contributed by atoms with E-state index in [0.717, 1.165) is 66.3 Å². The van der Waals surface area contributed by atoms with Gasteiger partial charge >= 0.3 is 0 Å². The molecule has 0 aromatic carbocycles. The molecule has 9 heteroatoms. The van der Waals surface area contributed by atoms with E-state index < -0.39 is 0 Å². The number of H-pyrrole nitrogens is 1. The molecule has 1 fully saturated rings. The van der Waals surface area contributed by atoms with Crippen molar-refractivity contribution < 1.29 is 9.53 Å². The molecule has 32 heavy (non-hydrogen) atoms. The zero-order valence-corrected chi connectivity index (χ0v) is 18.3. The first kappa shape index (κ1) is 20.6. The first-order chi connectivity index (χ1) is 15.5. The van der Waals surface area contributed by atoms with Crippen molar-refractivity contribution in [2.75, 3.05) is 38.1 Å². The number of anilines is 1. The normalized spacial score (nSPS) is 16.4. The first-order valence-corrected chi connectivity index (χ1v) is 10.8. The van der Waals surface area contributed by atoms with Crippen molar-refractivity contribution in [2.24, 2.45) is 0 Å². The van der Waals surface area contributed by atoms with Crippen molar-refractivity contribution in [3.8, 4) is 0 Å². The van der Waals surface area contributed by atoms with Gasteiger partial charge in [0.05, 0.1) is 41.2 Å². The molecule has 2 aliphatic rings. The number of aromatic amines is 1. The zero-order valence-electron chi connectivity index (χ0n) is 18.3. The number of nitrogens with zero attached hydrogens (tertiary/aromatic N) is 4. The number of amides is 1. The van der Waals surface area contributed by atoms with Crippen LogP contribution in [0.2, 0.25) is 0 Å². The molecule has 0 aliphatic carbocycles. The SMILES string of the molecule is CNC(=O)c1ccc(N2CCN(Cc3cnc4c5c(c(=O)[nH]c4c3)COC5)CC2)c(C)n1. The smallest absolute Gasteiger partial charge is 0.269 e. The van der Waals surface area contributed by atoms with Gasteiger partial charge in [-0.2, -0.15) is 0 Å². The van der Waals surface area contributed by atoms with Crippen LogP contribution in [0, 0.1) is 6.92 Å². The molecule has 3 aromatic heterocycles. The van der Waals surface area contributed by atoms with Gasteiger partial charge in [-0.25, -0.2) is 4.98 Å². The number of ether oxygens (including phenoxy) is 1. The van der Waals surface area contributed by atoms with E-state index in [1.54, 1.807) is 13.1 Å². The third-order valence-corrected chi connectivity index (χ3v) is 6.25. The minimum absolute atomic E-state index is 0.0796. The van der Waals surface area contributed by atoms with Gasteiger partial charge in [-0.05, 0) is 30.7 Å². The van der Waals surface area contributed by atoms with Crippen LogP contribution in [-0.2, 0) is 24.5 Å². The fraction of sp³-hybridized carbons (Fsp3) is 0.391. The molecular formula is C23H26N6O3. The molecule has 2 aliphatic heterocycles. The Kier molecular flexibility index (Phi) is 5.36. The van der Waals surface area contributed by atoms with E-state index in [4.69, 9.17) is 4.74 Å². The Morgan fingerprint density at radius 3 is 2.72 bits per heavy atom. The molecule has 1 amide bonds. The standard InChI is InChI=1S/C23H26N6O3/c1-14-20(4-3-18(26-14)23(31)24-2)29-7-5-28(6-8-29)11-15-9-19-21(25-10-15)16-12-32-13-17(16)22(30)27-19/h3-4,9-10H,5-8,11-13H2,1-2H3,(H,24,31)(H,27,30). The molecule has 5 heterocycles. The predicted octanol–water partition coefficient (Wildman–Crippen LogP) is 1.34. The number of piperazine rings is 1. The fourth-order valence-electron chi connectivity index (χ4n) is 4.52. The van der Waals surface area contributed by atoms with Crippen molar-refractivity contribution in [2.45, 2.75) is 26.7 Å². The van der Waals surface area contributed by atoms with E-state index in [2.05, 4.69) is 30.1 Å². The van der Waals surface area contributed by atoms with Crippen LogP contribution in [0.15, 0.2) is 29.2 Å². The van der Waals surface area contributed by atoms with Crippen molar-refractivity contribution >= 4 is 22.6 Å². The molecule has 0 radical (unpaired) electrons. The van der Waals surface area contributed by atoms with Gasteiger partial charge in [-0.15, -0.1) is 0 Å². The summed E-state index contributed by atoms with van der Waals surface area (Å²) in [6.45, 7) is 7.10. The molecule has 0 spiro atoms. The van der Waals surface area contributed by atoms with Crippen molar-refractivity contribution in [3.63, 3.8) is 0 Å². The topological polar surface area (TPSA) is 103 Å². The van der Waals surface area contributed by atoms with Gasteiger partial charge in [0.1, 0.15) is 5.69 Å². The van der Waals surface area contributed by atoms with Crippen molar-refractivity contribution in [1.82, 2.24) is 25.2 Å². The molecular weight excluding hydrogens is 408 g/mol. The summed E-state index contributed by atoms with van der Waals surface area (Å²) in [4.78, 5) is 40.8. The maximum atomic E-state index is 12.3. The second kappa shape index (κ2) is 8.33. The lowest BCUT2D eigenvalue weighted by molar-refractivity contribution is 0.0958. The molecule has 166 valence electrons. The Morgan fingerprint density at radius 1 is 1.19 bits per heavy atom. The van der Waals surface area contributed by atoms with Crippen LogP contribution >= 0.6 is 0 Å². The predicted molar refractivity (Wildman–Crippen MR) is 121 cm³/mol. The van der Waals surface area contributed by atoms with Crippen LogP contribution in [0.3, 0.4) is 0 Å². The maximum Gasteiger partial charge on any atom is 0.269 e. The van der Waals surface area contributed by atoms with E-state index in [0.29, 0.717) is 24.5 Å². The maximum absolute atomic E-state index is 12.3. The first-order valence-electron chi connectivity index (χ1n) is 10.8. The van der Waals surface area contributed by atoms with Crippen LogP contribution in [0.4, 0.5) is 5.69 Å². The average Bonchev–Trinajstić information content (AvgIpc) is 3.30. The average molecular weight is 435 g/mol. The molecule has 0 saturated carbocycles. The highest BCUT2D eigenvalue weighted by atomic mass is 16.5. The Labute approximate surface area is 185 Å². The molecule has 0 unspecified atom stereocenters. The van der Waals surface area contributed by atoms with Crippen LogP contribution < -0.4 is 15.8 Å². The van der Waals surface area contributed by atoms with Crippen LogP contribution in [0.1, 0.15) is 32.9 Å². The van der Waals surface area contributed by atoms with E-state index in [1.165, 1.54) is 0 Å². The lowest BCUT2D eigenvalue weighted by atomic mass is 10.1. The van der Waals surface area contributed by atoms with Gasteiger partial charge in [0, 0.05) is 51.5 Å². The Hall–Kier alpha value is -3.30. The highest BCUT2D eigenvalue weighted by molar-refractivity contribution is 5.92. The Balaban J connectivity index is 1.26. The molecule has 9 nitrogen and oxygen atoms in total. The summed E-state index contributed by atoms with van der Waals surface area (Å²) < 4.78 is 5.44. The van der Waals surface area contributed by atoms with E-state index in [1.807, 2.05) is 25.3 Å². The third-order valence-electron chi connectivity index (χ3n) is 6.25. The van der Waals surface area contributed by atoms with Crippen molar-refractivity contribution in [3.05, 3.63) is 62.8 Å². The number of rotatable bonds is 4. The number of aryl methyl sites for hydroxylation is 1. The monoisotopic (exact) mass is 434 g/mol. The summed E-state index contributed by atoms with van der Waals surface area (Å²) >= 11 is 0. The third kappa shape index (κ3) is 3.74. The Bertz CT molecular complexity index is 1250. The number of hydrogen-bond acceptors (Lipinski definition) is 7. The number of aromatic nitrogens is 3. The molecule has 3 aromatic rings. The van der Waals surface area contributed by atoms with E-state index >= 15 is 0 Å². The summed E-state index contributed by atoms with van der Waals surface area (Å²) in [7, 11) is 1.61. The summed E-state index contributed by atoms with van der Waals surface area (Å²) in [6.07, 6.45) is 1.90. The second-order valence-electron chi connectivity index (χ2n) is 8.29. The van der Waals surface area contributed by atoms with Gasteiger partial charge in [-0.1, -0.05) is 0 Å². The largest absolute Gasteiger partial charge is 0.372 e. The molecule has 5 rings (SSSR count). The quantitative estimate of drug-likeness (QED) is 0.639. The number of carbonyl (C=O) groups excluding carboxylic acids is 1. The number of hydrogen-bond donors (Lipinski definition) is 2. The minimum atomic E-state index is -0.174. The van der Waals surface area contributed by atoms with Gasteiger partial charge in [0.15, 0.2) is 0 Å². The molecule has 2 N–H and O–H groups in total. The van der Waals surface area contributed by atoms with Gasteiger partial charge in [-0.3, -0.25) is 19.5 Å². The summed E-state index contributed by atoms with van der Waals surface area (Å²) in [5, 5.41) is 2.61. The van der Waals surface area contributed by atoms with Gasteiger partial charge in [0.2, 0.25) is 0 Å². The second-order valence-corrected chi connectivity index (χ2v) is 8.29. The lowest BCUT2D eigenvalue weighted by Crippen LogP contribution is -2.46. The number of nitrogens with one attached hydrogen (secondary N) is 2. The Morgan fingerprint density at radius 2 is 1.97 bits per heavy atom. The van der Waals surface area contributed by atoms with Gasteiger partial charge < -0.3 is 19.9 Å². The summed E-state index contributed by atoms with van der Waals surface area (Å²) in [5.74, 6) is -0.174. The molecule has 0 atom stereocenters. The van der Waals surface area contributed by atoms with Crippen LogP contribution in [0.5, 0.6) is 0 Å². The highest BCUT2D eigenvalue weighted by Gasteiger charge is 2.22. The fourth-order valence-corrected chi connectivity index (χ4v) is 4.52. The van der Waals surface area contributed by atoms with Crippen LogP contribution in [0.25, 0.3) is 11.0 Å². The van der Waals surface area contributed by atoms with E-state index in [9.17, 15) is 9.59 Å². The van der Waals surface area contributed by atoms with Crippen molar-refractivity contribution in [1.29, 1.82) is 0 Å². The van der Waals surface area contributed by atoms with E-state index in [-0.39, 0.29) is 11.5 Å². The molecule has 0 bridgehead atoms. The van der Waals surface area contributed by atoms with Gasteiger partial charge in [0.25, 0.3) is 11.5 Å². The zero-order chi connectivity index (χ0) is 22.2. The number of fused-ring (bicyclic) bond motifs is 3. The highest BCUT2D eigenvalue weighted by Crippen LogP contribution is 2.24. The lowest BCUT2D eigenvalue weighted by Gasteiger charge is -2.36. The summed E-state index contributed by atoms with van der Waals surface area (Å²) in [5.41, 5.74) is 6.57. The van der Waals surface area contributed by atoms with Crippen LogP contribution in [-0.4, -0.2) is 59.0 Å². The number of carbonyl (C=O) groups is 1.